The number of anilines is 1. The number of hydrogen-bond acceptors (Lipinski definition) is 8. The Morgan fingerprint density at radius 3 is 2.13 bits per heavy atom. The van der Waals surface area contributed by atoms with E-state index in [1.807, 2.05) is 0 Å². The van der Waals surface area contributed by atoms with Gasteiger partial charge in [-0.25, -0.2) is 9.59 Å². The Labute approximate surface area is 239 Å². The topological polar surface area (TPSA) is 120 Å². The molecule has 4 atom stereocenters. The molecule has 1 saturated carbocycles. The van der Waals surface area contributed by atoms with Crippen molar-refractivity contribution in [3.05, 3.63) is 83.8 Å². The Balaban J connectivity index is 1.20. The van der Waals surface area contributed by atoms with Crippen molar-refractivity contribution in [2.75, 3.05) is 11.5 Å². The number of carbonyl (C=O) groups excluding carboxylic acids is 5. The number of imide groups is 1. The number of ether oxygens (including phenoxy) is 2. The van der Waals surface area contributed by atoms with E-state index < -0.39 is 36.2 Å². The largest absolute Gasteiger partial charge is 0.457 e. The molecule has 1 saturated heterocycles. The minimum Gasteiger partial charge on any atom is -0.457 e. The molecule has 0 bridgehead atoms. The SMILES string of the molecule is O=C(COC(=O)c1cccc(N2C(=O)C3CC(Br)C(Br)CC3C2=O)c1)c1ccc(OC(=O)c2ccco2)cc1. The number of amides is 2. The minimum absolute atomic E-state index is 0.0445. The van der Waals surface area contributed by atoms with Gasteiger partial charge in [-0.3, -0.25) is 19.3 Å². The number of ketones is 1. The molecule has 11 heteroatoms. The fourth-order valence-corrected chi connectivity index (χ4v) is 5.92. The maximum Gasteiger partial charge on any atom is 0.379 e. The summed E-state index contributed by atoms with van der Waals surface area (Å²) in [4.78, 5) is 64.7. The lowest BCUT2D eigenvalue weighted by Gasteiger charge is -2.29. The van der Waals surface area contributed by atoms with Crippen LogP contribution in [0.4, 0.5) is 5.69 Å². The summed E-state index contributed by atoms with van der Waals surface area (Å²) >= 11 is 7.14. The Morgan fingerprint density at radius 1 is 0.846 bits per heavy atom. The van der Waals surface area contributed by atoms with Crippen LogP contribution >= 0.6 is 31.9 Å². The van der Waals surface area contributed by atoms with Gasteiger partial charge >= 0.3 is 11.9 Å². The van der Waals surface area contributed by atoms with Crippen LogP contribution in [0.15, 0.2) is 71.3 Å². The number of Topliss-reactive ketones (excluding diaryl/α,β-unsaturated/α-hetero) is 1. The van der Waals surface area contributed by atoms with Crippen LogP contribution < -0.4 is 9.64 Å². The zero-order chi connectivity index (χ0) is 27.7. The van der Waals surface area contributed by atoms with E-state index in [1.165, 1.54) is 48.7 Å². The van der Waals surface area contributed by atoms with Crippen molar-refractivity contribution in [3.8, 4) is 5.75 Å². The standard InChI is InChI=1S/C28H21Br2NO8/c29-21-12-19-20(13-22(21)30)26(34)31(25(19)33)17-4-1-3-16(11-17)27(35)38-14-23(32)15-6-8-18(9-7-15)39-28(36)24-5-2-10-37-24/h1-11,19-22H,12-14H2. The van der Waals surface area contributed by atoms with E-state index in [9.17, 15) is 24.0 Å². The van der Waals surface area contributed by atoms with Crippen LogP contribution in [-0.2, 0) is 14.3 Å². The van der Waals surface area contributed by atoms with Crippen LogP contribution in [0.1, 0.15) is 44.1 Å². The number of rotatable bonds is 7. The fraction of sp³-hybridized carbons (Fsp3) is 0.250. The van der Waals surface area contributed by atoms with Gasteiger partial charge in [-0.15, -0.1) is 0 Å². The third kappa shape index (κ3) is 5.60. The molecule has 1 aromatic heterocycles. The summed E-state index contributed by atoms with van der Waals surface area (Å²) in [6.45, 7) is -0.528. The van der Waals surface area contributed by atoms with Gasteiger partial charge in [0.05, 0.1) is 29.3 Å². The smallest absolute Gasteiger partial charge is 0.379 e. The number of carbonyl (C=O) groups is 5. The van der Waals surface area contributed by atoms with Crippen LogP contribution in [0.5, 0.6) is 5.75 Å². The third-order valence-corrected chi connectivity index (χ3v) is 9.43. The molecule has 9 nitrogen and oxygen atoms in total. The molecule has 2 amide bonds. The molecule has 2 aliphatic rings. The highest BCUT2D eigenvalue weighted by atomic mass is 79.9. The van der Waals surface area contributed by atoms with E-state index >= 15 is 0 Å². The van der Waals surface area contributed by atoms with Crippen molar-refractivity contribution < 1.29 is 37.9 Å². The van der Waals surface area contributed by atoms with Crippen LogP contribution in [-0.4, -0.2) is 45.8 Å². The van der Waals surface area contributed by atoms with Gasteiger partial charge in [0.25, 0.3) is 0 Å². The molecule has 2 heterocycles. The second kappa shape index (κ2) is 11.3. The Morgan fingerprint density at radius 2 is 1.51 bits per heavy atom. The summed E-state index contributed by atoms with van der Waals surface area (Å²) in [5, 5.41) is 0. The summed E-state index contributed by atoms with van der Waals surface area (Å²) in [6.07, 6.45) is 2.43. The number of fused-ring (bicyclic) bond motifs is 1. The summed E-state index contributed by atoms with van der Waals surface area (Å²) in [5.74, 6) is -3.05. The van der Waals surface area contributed by atoms with E-state index in [4.69, 9.17) is 13.9 Å². The van der Waals surface area contributed by atoms with Crippen molar-refractivity contribution in [1.82, 2.24) is 0 Å². The molecule has 0 radical (unpaired) electrons. The Hall–Kier alpha value is -3.57. The van der Waals surface area contributed by atoms with Crippen LogP contribution in [0, 0.1) is 11.8 Å². The van der Waals surface area contributed by atoms with Crippen LogP contribution in [0.25, 0.3) is 0 Å². The quantitative estimate of drug-likeness (QED) is 0.115. The highest BCUT2D eigenvalue weighted by Gasteiger charge is 2.52. The Bertz CT molecular complexity index is 1410. The number of hydrogen-bond donors (Lipinski definition) is 0. The molecule has 0 N–H and O–H groups in total. The zero-order valence-electron chi connectivity index (χ0n) is 20.3. The molecule has 3 aromatic rings. The maximum atomic E-state index is 13.1. The molecular weight excluding hydrogens is 638 g/mol. The first kappa shape index (κ1) is 27.0. The van der Waals surface area contributed by atoms with Gasteiger partial charge in [-0.05, 0) is 67.4 Å². The van der Waals surface area contributed by atoms with E-state index in [0.717, 1.165) is 4.90 Å². The van der Waals surface area contributed by atoms with Gasteiger partial charge < -0.3 is 13.9 Å². The Kier molecular flexibility index (Phi) is 7.81. The lowest BCUT2D eigenvalue weighted by atomic mass is 9.81. The van der Waals surface area contributed by atoms with Crippen molar-refractivity contribution in [1.29, 1.82) is 0 Å². The molecular formula is C28H21Br2NO8. The molecule has 4 unspecified atom stereocenters. The molecule has 0 spiro atoms. The van der Waals surface area contributed by atoms with Crippen LogP contribution in [0.3, 0.4) is 0 Å². The highest BCUT2D eigenvalue weighted by molar-refractivity contribution is 9.12. The van der Waals surface area contributed by atoms with Crippen molar-refractivity contribution in [2.24, 2.45) is 11.8 Å². The summed E-state index contributed by atoms with van der Waals surface area (Å²) in [6, 6.07) is 14.8. The normalized spacial score (nSPS) is 22.4. The van der Waals surface area contributed by atoms with Crippen molar-refractivity contribution in [3.63, 3.8) is 0 Å². The minimum atomic E-state index is -0.772. The van der Waals surface area contributed by atoms with E-state index in [0.29, 0.717) is 12.8 Å². The lowest BCUT2D eigenvalue weighted by molar-refractivity contribution is -0.122. The van der Waals surface area contributed by atoms with Crippen molar-refractivity contribution in [2.45, 2.75) is 22.5 Å². The first-order valence-corrected chi connectivity index (χ1v) is 13.9. The number of benzene rings is 2. The third-order valence-electron chi connectivity index (χ3n) is 6.70. The summed E-state index contributed by atoms with van der Waals surface area (Å²) in [5.41, 5.74) is 0.644. The maximum absolute atomic E-state index is 13.1. The van der Waals surface area contributed by atoms with Crippen molar-refractivity contribution >= 4 is 67.1 Å². The van der Waals surface area contributed by atoms with E-state index in [2.05, 4.69) is 31.9 Å². The second-order valence-corrected chi connectivity index (χ2v) is 11.5. The van der Waals surface area contributed by atoms with Gasteiger partial charge in [-0.2, -0.15) is 0 Å². The molecule has 2 fully saturated rings. The zero-order valence-corrected chi connectivity index (χ0v) is 23.4. The number of furan rings is 1. The lowest BCUT2D eigenvalue weighted by Crippen LogP contribution is -2.34. The predicted octanol–water partition coefficient (Wildman–Crippen LogP) is 4.96. The summed E-state index contributed by atoms with van der Waals surface area (Å²) < 4.78 is 15.3. The number of alkyl halides is 2. The monoisotopic (exact) mass is 657 g/mol. The first-order valence-electron chi connectivity index (χ1n) is 12.0. The first-order chi connectivity index (χ1) is 18.7. The number of nitrogens with zero attached hydrogens (tertiary/aromatic N) is 1. The van der Waals surface area contributed by atoms with Crippen LogP contribution in [0.2, 0.25) is 0 Å². The highest BCUT2D eigenvalue weighted by Crippen LogP contribution is 2.44. The average molecular weight is 659 g/mol. The fourth-order valence-electron chi connectivity index (χ4n) is 4.68. The number of halogens is 2. The average Bonchev–Trinajstić information content (AvgIpc) is 3.56. The predicted molar refractivity (Wildman–Crippen MR) is 145 cm³/mol. The molecule has 39 heavy (non-hydrogen) atoms. The van der Waals surface area contributed by atoms with Gasteiger partial charge in [0.15, 0.2) is 12.4 Å². The van der Waals surface area contributed by atoms with Gasteiger partial charge in [0, 0.05) is 15.2 Å². The van der Waals surface area contributed by atoms with E-state index in [-0.39, 0.29) is 49.8 Å². The van der Waals surface area contributed by atoms with Gasteiger partial charge in [-0.1, -0.05) is 37.9 Å². The summed E-state index contributed by atoms with van der Waals surface area (Å²) in [7, 11) is 0. The van der Waals surface area contributed by atoms with Gasteiger partial charge in [0.2, 0.25) is 17.6 Å². The molecule has 200 valence electrons. The molecule has 2 aromatic carbocycles. The van der Waals surface area contributed by atoms with E-state index in [1.54, 1.807) is 18.2 Å². The molecule has 1 aliphatic carbocycles. The number of esters is 2. The van der Waals surface area contributed by atoms with Gasteiger partial charge in [0.1, 0.15) is 5.75 Å². The molecule has 5 rings (SSSR count). The second-order valence-electron chi connectivity index (χ2n) is 9.17. The molecule has 1 aliphatic heterocycles.